The van der Waals surface area contributed by atoms with Gasteiger partial charge in [-0.15, -0.1) is 0 Å². The van der Waals surface area contributed by atoms with Crippen LogP contribution in [-0.2, 0) is 6.18 Å². The fraction of sp³-hybridized carbons (Fsp3) is 0.111. The molecule has 0 bridgehead atoms. The number of benzene rings is 1. The molecule has 0 saturated carbocycles. The molecule has 17 heavy (non-hydrogen) atoms. The Balaban J connectivity index is 2.79. The summed E-state index contributed by atoms with van der Waals surface area (Å²) in [6, 6.07) is 2.90. The predicted octanol–water partition coefficient (Wildman–Crippen LogP) is 3.76. The van der Waals surface area contributed by atoms with E-state index in [1.165, 1.54) is 6.07 Å². The van der Waals surface area contributed by atoms with Crippen molar-refractivity contribution in [1.29, 1.82) is 5.26 Å². The Hall–Kier alpha value is -1.45. The van der Waals surface area contributed by atoms with Crippen LogP contribution >= 0.6 is 23.2 Å². The van der Waals surface area contributed by atoms with E-state index in [0.29, 0.717) is 0 Å². The number of imidazole rings is 1. The first-order chi connectivity index (χ1) is 7.84. The zero-order valence-corrected chi connectivity index (χ0v) is 9.37. The third-order valence-corrected chi connectivity index (χ3v) is 2.90. The standard InChI is InChI=1S/C9H2Cl2F3N3/c10-5-3(2-15)1-4-7(6(5)11)17-8(16-4)9(12,13)14/h1H,(H,16,17). The van der Waals surface area contributed by atoms with Crippen LogP contribution in [0.25, 0.3) is 11.0 Å². The molecular formula is C9H2Cl2F3N3. The van der Waals surface area contributed by atoms with Crippen LogP contribution in [0.3, 0.4) is 0 Å². The first kappa shape index (κ1) is 12.0. The fourth-order valence-electron chi connectivity index (χ4n) is 1.30. The Kier molecular flexibility index (Phi) is 2.68. The van der Waals surface area contributed by atoms with Gasteiger partial charge in [0.15, 0.2) is 0 Å². The van der Waals surface area contributed by atoms with Gasteiger partial charge in [0, 0.05) is 0 Å². The van der Waals surface area contributed by atoms with Crippen molar-refractivity contribution in [2.24, 2.45) is 0 Å². The van der Waals surface area contributed by atoms with Crippen molar-refractivity contribution >= 4 is 34.2 Å². The molecule has 1 aromatic heterocycles. The predicted molar refractivity (Wildman–Crippen MR) is 55.8 cm³/mol. The molecule has 88 valence electrons. The van der Waals surface area contributed by atoms with E-state index in [1.807, 2.05) is 4.98 Å². The number of aromatic amines is 1. The molecule has 3 nitrogen and oxygen atoms in total. The maximum absolute atomic E-state index is 12.4. The molecule has 1 N–H and O–H groups in total. The fourth-order valence-corrected chi connectivity index (χ4v) is 1.74. The summed E-state index contributed by atoms with van der Waals surface area (Å²) in [6.45, 7) is 0. The van der Waals surface area contributed by atoms with Gasteiger partial charge in [0.25, 0.3) is 0 Å². The number of H-pyrrole nitrogens is 1. The highest BCUT2D eigenvalue weighted by atomic mass is 35.5. The summed E-state index contributed by atoms with van der Waals surface area (Å²) in [5.74, 6) is -1.18. The number of alkyl halides is 3. The molecule has 0 radical (unpaired) electrons. The van der Waals surface area contributed by atoms with Crippen LogP contribution in [0, 0.1) is 11.3 Å². The summed E-state index contributed by atoms with van der Waals surface area (Å²) in [6.07, 6.45) is -4.61. The lowest BCUT2D eigenvalue weighted by Crippen LogP contribution is -2.06. The van der Waals surface area contributed by atoms with Crippen LogP contribution in [0.5, 0.6) is 0 Å². The SMILES string of the molecule is N#Cc1cc2[nH]c(C(F)(F)F)nc2c(Cl)c1Cl. The smallest absolute Gasteiger partial charge is 0.334 e. The van der Waals surface area contributed by atoms with Crippen LogP contribution in [0.4, 0.5) is 13.2 Å². The van der Waals surface area contributed by atoms with E-state index in [2.05, 4.69) is 4.98 Å². The molecule has 0 aliphatic heterocycles. The molecule has 1 heterocycles. The highest BCUT2D eigenvalue weighted by molar-refractivity contribution is 6.45. The molecule has 0 atom stereocenters. The van der Waals surface area contributed by atoms with Gasteiger partial charge in [-0.1, -0.05) is 23.2 Å². The minimum Gasteiger partial charge on any atom is -0.334 e. The molecule has 2 aromatic rings. The van der Waals surface area contributed by atoms with Crippen LogP contribution < -0.4 is 0 Å². The van der Waals surface area contributed by atoms with Gasteiger partial charge in [0.1, 0.15) is 11.6 Å². The zero-order valence-electron chi connectivity index (χ0n) is 7.86. The van der Waals surface area contributed by atoms with Crippen molar-refractivity contribution in [2.45, 2.75) is 6.18 Å². The van der Waals surface area contributed by atoms with E-state index in [9.17, 15) is 13.2 Å². The van der Waals surface area contributed by atoms with E-state index in [-0.39, 0.29) is 26.6 Å². The third-order valence-electron chi connectivity index (χ3n) is 2.05. The number of nitrogens with one attached hydrogen (secondary N) is 1. The van der Waals surface area contributed by atoms with Gasteiger partial charge < -0.3 is 4.98 Å². The summed E-state index contributed by atoms with van der Waals surface area (Å²) < 4.78 is 37.2. The van der Waals surface area contributed by atoms with Gasteiger partial charge in [0.2, 0.25) is 5.82 Å². The van der Waals surface area contributed by atoms with E-state index in [0.717, 1.165) is 0 Å². The molecule has 0 aliphatic carbocycles. The average Bonchev–Trinajstić information content (AvgIpc) is 2.67. The number of nitrogens with zero attached hydrogens (tertiary/aromatic N) is 2. The number of nitriles is 1. The van der Waals surface area contributed by atoms with Gasteiger partial charge in [0.05, 0.1) is 21.1 Å². The van der Waals surface area contributed by atoms with Crippen LogP contribution in [-0.4, -0.2) is 9.97 Å². The molecule has 0 amide bonds. The van der Waals surface area contributed by atoms with E-state index >= 15 is 0 Å². The van der Waals surface area contributed by atoms with Crippen molar-refractivity contribution in [3.05, 3.63) is 27.5 Å². The highest BCUT2D eigenvalue weighted by Crippen LogP contribution is 2.35. The maximum atomic E-state index is 12.4. The third kappa shape index (κ3) is 1.92. The largest absolute Gasteiger partial charge is 0.449 e. The zero-order chi connectivity index (χ0) is 12.8. The summed E-state index contributed by atoms with van der Waals surface area (Å²) in [7, 11) is 0. The first-order valence-corrected chi connectivity index (χ1v) is 4.95. The second-order valence-corrected chi connectivity index (χ2v) is 3.90. The quantitative estimate of drug-likeness (QED) is 0.798. The molecule has 0 aliphatic rings. The van der Waals surface area contributed by atoms with Crippen molar-refractivity contribution < 1.29 is 13.2 Å². The summed E-state index contributed by atoms with van der Waals surface area (Å²) in [4.78, 5) is 5.36. The van der Waals surface area contributed by atoms with Crippen LogP contribution in [0.2, 0.25) is 10.0 Å². The minimum atomic E-state index is -4.61. The summed E-state index contributed by atoms with van der Waals surface area (Å²) >= 11 is 11.4. The van der Waals surface area contributed by atoms with Gasteiger partial charge in [-0.25, -0.2) is 4.98 Å². The van der Waals surface area contributed by atoms with Crippen LogP contribution in [0.1, 0.15) is 11.4 Å². The summed E-state index contributed by atoms with van der Waals surface area (Å²) in [5.41, 5.74) is -0.104. The van der Waals surface area contributed by atoms with Crippen molar-refractivity contribution in [3.8, 4) is 6.07 Å². The lowest BCUT2D eigenvalue weighted by molar-refractivity contribution is -0.144. The lowest BCUT2D eigenvalue weighted by Gasteiger charge is -1.98. The van der Waals surface area contributed by atoms with Crippen molar-refractivity contribution in [2.75, 3.05) is 0 Å². The van der Waals surface area contributed by atoms with Crippen molar-refractivity contribution in [3.63, 3.8) is 0 Å². The Morgan fingerprint density at radius 2 is 1.94 bits per heavy atom. The van der Waals surface area contributed by atoms with E-state index in [1.54, 1.807) is 6.07 Å². The lowest BCUT2D eigenvalue weighted by atomic mass is 10.2. The molecule has 2 rings (SSSR count). The Labute approximate surface area is 103 Å². The molecule has 8 heteroatoms. The Morgan fingerprint density at radius 1 is 1.29 bits per heavy atom. The molecule has 0 saturated heterocycles. The van der Waals surface area contributed by atoms with Crippen molar-refractivity contribution in [1.82, 2.24) is 9.97 Å². The molecule has 0 unspecified atom stereocenters. The van der Waals surface area contributed by atoms with Gasteiger partial charge >= 0.3 is 6.18 Å². The average molecular weight is 280 g/mol. The highest BCUT2D eigenvalue weighted by Gasteiger charge is 2.35. The first-order valence-electron chi connectivity index (χ1n) is 4.19. The number of fused-ring (bicyclic) bond motifs is 1. The minimum absolute atomic E-state index is 0.0125. The van der Waals surface area contributed by atoms with E-state index < -0.39 is 12.0 Å². The second kappa shape index (κ2) is 3.79. The Bertz CT molecular complexity index is 639. The second-order valence-electron chi connectivity index (χ2n) is 3.14. The number of aromatic nitrogens is 2. The molecule has 1 aromatic carbocycles. The number of halogens is 5. The topological polar surface area (TPSA) is 52.5 Å². The maximum Gasteiger partial charge on any atom is 0.449 e. The molecule has 0 fully saturated rings. The van der Waals surface area contributed by atoms with Crippen LogP contribution in [0.15, 0.2) is 6.07 Å². The normalized spacial score (nSPS) is 11.8. The Morgan fingerprint density at radius 3 is 2.47 bits per heavy atom. The number of rotatable bonds is 0. The summed E-state index contributed by atoms with van der Waals surface area (Å²) in [5, 5.41) is 8.44. The monoisotopic (exact) mass is 279 g/mol. The number of hydrogen-bond acceptors (Lipinski definition) is 2. The number of hydrogen-bond donors (Lipinski definition) is 1. The molecular weight excluding hydrogens is 278 g/mol. The molecule has 0 spiro atoms. The van der Waals surface area contributed by atoms with E-state index in [4.69, 9.17) is 28.5 Å². The van der Waals surface area contributed by atoms with Gasteiger partial charge in [-0.2, -0.15) is 18.4 Å². The van der Waals surface area contributed by atoms with Gasteiger partial charge in [-0.3, -0.25) is 0 Å². The van der Waals surface area contributed by atoms with Gasteiger partial charge in [-0.05, 0) is 6.07 Å².